The molecule has 1 aliphatic heterocycles. The predicted molar refractivity (Wildman–Crippen MR) is 138 cm³/mol. The third-order valence-electron chi connectivity index (χ3n) is 5.95. The molecule has 1 heterocycles. The number of hydrogen-bond acceptors (Lipinski definition) is 5. The van der Waals surface area contributed by atoms with Crippen molar-refractivity contribution in [1.29, 1.82) is 0 Å². The van der Waals surface area contributed by atoms with Gasteiger partial charge in [-0.3, -0.25) is 19.4 Å². The number of nitrogens with zero attached hydrogens (tertiary/aromatic N) is 2. The largest absolute Gasteiger partial charge is 0.325 e. The van der Waals surface area contributed by atoms with Gasteiger partial charge in [-0.1, -0.05) is 42.1 Å². The van der Waals surface area contributed by atoms with E-state index >= 15 is 0 Å². The summed E-state index contributed by atoms with van der Waals surface area (Å²) in [6.45, 7) is 4.94. The fourth-order valence-corrected chi connectivity index (χ4v) is 4.85. The van der Waals surface area contributed by atoms with Crippen molar-refractivity contribution in [2.24, 2.45) is 0 Å². The number of halogens is 1. The Hall–Kier alpha value is -3.20. The zero-order valence-corrected chi connectivity index (χ0v) is 20.4. The standard InChI is InChI=1S/C27H29FN4O2S/c1-20(27(34)30-24-9-5-6-10-25(24)35-23-7-3-2-4-8-23)32-17-15-31(16-18-32)19-26(33)29-22-13-11-21(28)12-14-22/h2-14,20H,15-19H2,1H3,(H,29,33)(H,30,34)/t20-/m1/s1. The van der Waals surface area contributed by atoms with Crippen molar-refractivity contribution in [3.05, 3.63) is 84.7 Å². The smallest absolute Gasteiger partial charge is 0.241 e. The highest BCUT2D eigenvalue weighted by molar-refractivity contribution is 7.99. The van der Waals surface area contributed by atoms with E-state index in [9.17, 15) is 14.0 Å². The van der Waals surface area contributed by atoms with Gasteiger partial charge < -0.3 is 10.6 Å². The van der Waals surface area contributed by atoms with Gasteiger partial charge in [0.25, 0.3) is 0 Å². The van der Waals surface area contributed by atoms with Crippen LogP contribution in [-0.2, 0) is 9.59 Å². The van der Waals surface area contributed by atoms with Crippen molar-refractivity contribution >= 4 is 35.0 Å². The molecule has 2 amide bonds. The van der Waals surface area contributed by atoms with Gasteiger partial charge in [0, 0.05) is 41.7 Å². The molecule has 0 spiro atoms. The van der Waals surface area contributed by atoms with Gasteiger partial charge >= 0.3 is 0 Å². The Balaban J connectivity index is 1.26. The monoisotopic (exact) mass is 492 g/mol. The molecular formula is C27H29FN4O2S. The van der Waals surface area contributed by atoms with Crippen LogP contribution in [0.2, 0.25) is 0 Å². The van der Waals surface area contributed by atoms with Crippen LogP contribution in [-0.4, -0.2) is 60.4 Å². The fraction of sp³-hybridized carbons (Fsp3) is 0.259. The minimum atomic E-state index is -0.337. The number of para-hydroxylation sites is 1. The van der Waals surface area contributed by atoms with E-state index < -0.39 is 0 Å². The van der Waals surface area contributed by atoms with Crippen LogP contribution >= 0.6 is 11.8 Å². The number of benzene rings is 3. The van der Waals surface area contributed by atoms with Crippen LogP contribution in [0.4, 0.5) is 15.8 Å². The Labute approximate surface area is 209 Å². The van der Waals surface area contributed by atoms with Crippen molar-refractivity contribution in [3.63, 3.8) is 0 Å². The van der Waals surface area contributed by atoms with Crippen LogP contribution in [0, 0.1) is 5.82 Å². The Bertz CT molecular complexity index is 1140. The van der Waals surface area contributed by atoms with E-state index in [0.717, 1.165) is 15.5 Å². The van der Waals surface area contributed by atoms with E-state index in [-0.39, 0.29) is 30.2 Å². The lowest BCUT2D eigenvalue weighted by molar-refractivity contribution is -0.122. The first kappa shape index (κ1) is 24.9. The molecule has 3 aromatic carbocycles. The fourth-order valence-electron chi connectivity index (χ4n) is 3.92. The lowest BCUT2D eigenvalue weighted by Crippen LogP contribution is -2.53. The third-order valence-corrected chi connectivity index (χ3v) is 7.03. The van der Waals surface area contributed by atoms with Gasteiger partial charge in [0.2, 0.25) is 11.8 Å². The van der Waals surface area contributed by atoms with Crippen LogP contribution in [0.25, 0.3) is 0 Å². The summed E-state index contributed by atoms with van der Waals surface area (Å²) in [5.74, 6) is -0.521. The van der Waals surface area contributed by atoms with Crippen molar-refractivity contribution in [2.75, 3.05) is 43.4 Å². The predicted octanol–water partition coefficient (Wildman–Crippen LogP) is 4.56. The van der Waals surface area contributed by atoms with E-state index in [1.54, 1.807) is 23.9 Å². The number of rotatable bonds is 8. The molecule has 8 heteroatoms. The van der Waals surface area contributed by atoms with Crippen molar-refractivity contribution < 1.29 is 14.0 Å². The zero-order chi connectivity index (χ0) is 24.6. The molecule has 1 aliphatic rings. The molecule has 3 aromatic rings. The number of anilines is 2. The molecule has 1 fully saturated rings. The third kappa shape index (κ3) is 7.14. The van der Waals surface area contributed by atoms with E-state index in [1.165, 1.54) is 12.1 Å². The quantitative estimate of drug-likeness (QED) is 0.483. The molecule has 182 valence electrons. The topological polar surface area (TPSA) is 64.7 Å². The SMILES string of the molecule is C[C@H](C(=O)Nc1ccccc1Sc1ccccc1)N1CCN(CC(=O)Nc2ccc(F)cc2)CC1. The van der Waals surface area contributed by atoms with Gasteiger partial charge in [0.15, 0.2) is 0 Å². The highest BCUT2D eigenvalue weighted by Gasteiger charge is 2.26. The first-order valence-electron chi connectivity index (χ1n) is 11.6. The summed E-state index contributed by atoms with van der Waals surface area (Å²) >= 11 is 1.62. The maximum Gasteiger partial charge on any atom is 0.241 e. The Morgan fingerprint density at radius 3 is 2.26 bits per heavy atom. The number of piperazine rings is 1. The lowest BCUT2D eigenvalue weighted by atomic mass is 10.2. The highest BCUT2D eigenvalue weighted by Crippen LogP contribution is 2.33. The first-order chi connectivity index (χ1) is 17.0. The molecule has 0 unspecified atom stereocenters. The summed E-state index contributed by atoms with van der Waals surface area (Å²) in [6.07, 6.45) is 0. The van der Waals surface area contributed by atoms with Crippen LogP contribution in [0.15, 0.2) is 88.7 Å². The van der Waals surface area contributed by atoms with Crippen molar-refractivity contribution in [1.82, 2.24) is 9.80 Å². The molecule has 0 aromatic heterocycles. The minimum Gasteiger partial charge on any atom is -0.325 e. The second-order valence-electron chi connectivity index (χ2n) is 8.44. The Kier molecular flexibility index (Phi) is 8.52. The second-order valence-corrected chi connectivity index (χ2v) is 9.56. The maximum atomic E-state index is 13.0. The summed E-state index contributed by atoms with van der Waals surface area (Å²) in [4.78, 5) is 31.7. The molecule has 2 N–H and O–H groups in total. The second kappa shape index (κ2) is 12.0. The number of carbonyl (C=O) groups is 2. The Morgan fingerprint density at radius 1 is 0.886 bits per heavy atom. The molecule has 0 aliphatic carbocycles. The molecule has 1 atom stereocenters. The first-order valence-corrected chi connectivity index (χ1v) is 12.4. The van der Waals surface area contributed by atoms with Gasteiger partial charge in [-0.25, -0.2) is 4.39 Å². The lowest BCUT2D eigenvalue weighted by Gasteiger charge is -2.37. The van der Waals surface area contributed by atoms with Gasteiger partial charge in [-0.05, 0) is 55.5 Å². The number of nitrogens with one attached hydrogen (secondary N) is 2. The molecule has 6 nitrogen and oxygen atoms in total. The molecule has 1 saturated heterocycles. The van der Waals surface area contributed by atoms with Gasteiger partial charge in [-0.2, -0.15) is 0 Å². The van der Waals surface area contributed by atoms with Crippen LogP contribution in [0.3, 0.4) is 0 Å². The molecule has 0 bridgehead atoms. The van der Waals surface area contributed by atoms with Crippen LogP contribution in [0.1, 0.15) is 6.92 Å². The Morgan fingerprint density at radius 2 is 1.54 bits per heavy atom. The summed E-state index contributed by atoms with van der Waals surface area (Å²) in [7, 11) is 0. The van der Waals surface area contributed by atoms with Crippen molar-refractivity contribution in [2.45, 2.75) is 22.8 Å². The molecular weight excluding hydrogens is 463 g/mol. The van der Waals surface area contributed by atoms with Crippen LogP contribution in [0.5, 0.6) is 0 Å². The minimum absolute atomic E-state index is 0.0476. The molecule has 4 rings (SSSR count). The summed E-state index contributed by atoms with van der Waals surface area (Å²) < 4.78 is 13.0. The molecule has 0 radical (unpaired) electrons. The summed E-state index contributed by atoms with van der Waals surface area (Å²) in [5.41, 5.74) is 1.38. The van der Waals surface area contributed by atoms with Gasteiger partial charge in [0.1, 0.15) is 5.82 Å². The van der Waals surface area contributed by atoms with Gasteiger partial charge in [0.05, 0.1) is 18.3 Å². The molecule has 0 saturated carbocycles. The van der Waals surface area contributed by atoms with Crippen molar-refractivity contribution in [3.8, 4) is 0 Å². The maximum absolute atomic E-state index is 13.0. The van der Waals surface area contributed by atoms with E-state index in [2.05, 4.69) is 20.4 Å². The average molecular weight is 493 g/mol. The highest BCUT2D eigenvalue weighted by atomic mass is 32.2. The summed E-state index contributed by atoms with van der Waals surface area (Å²) in [6, 6.07) is 23.3. The zero-order valence-electron chi connectivity index (χ0n) is 19.6. The van der Waals surface area contributed by atoms with E-state index in [4.69, 9.17) is 0 Å². The number of carbonyl (C=O) groups excluding carboxylic acids is 2. The van der Waals surface area contributed by atoms with Gasteiger partial charge in [-0.15, -0.1) is 0 Å². The van der Waals surface area contributed by atoms with E-state index in [1.807, 2.05) is 61.5 Å². The van der Waals surface area contributed by atoms with E-state index in [0.29, 0.717) is 31.9 Å². The number of hydrogen-bond donors (Lipinski definition) is 2. The number of amides is 2. The summed E-state index contributed by atoms with van der Waals surface area (Å²) in [5, 5.41) is 5.89. The average Bonchev–Trinajstić information content (AvgIpc) is 2.87. The van der Waals surface area contributed by atoms with Crippen LogP contribution < -0.4 is 10.6 Å². The normalized spacial score (nSPS) is 15.4. The molecule has 35 heavy (non-hydrogen) atoms.